The number of hydrogen-bond donors (Lipinski definition) is 3. The molecule has 152 valence electrons. The van der Waals surface area contributed by atoms with Crippen LogP contribution in [0.15, 0.2) is 48.5 Å². The fourth-order valence-corrected chi connectivity index (χ4v) is 3.55. The molecule has 1 fully saturated rings. The van der Waals surface area contributed by atoms with Crippen LogP contribution < -0.4 is 16.4 Å². The summed E-state index contributed by atoms with van der Waals surface area (Å²) < 4.78 is 5.37. The number of nitrogens with one attached hydrogen (secondary N) is 2. The van der Waals surface area contributed by atoms with Gasteiger partial charge in [-0.2, -0.15) is 0 Å². The molecular weight excluding hydrogens is 397 g/mol. The van der Waals surface area contributed by atoms with Crippen molar-refractivity contribution in [1.82, 2.24) is 0 Å². The molecule has 1 unspecified atom stereocenters. The van der Waals surface area contributed by atoms with Gasteiger partial charge in [0.2, 0.25) is 5.91 Å². The van der Waals surface area contributed by atoms with Crippen LogP contribution in [-0.4, -0.2) is 25.7 Å². The van der Waals surface area contributed by atoms with Crippen LogP contribution in [0.25, 0.3) is 0 Å². The van der Waals surface area contributed by atoms with E-state index in [-0.39, 0.29) is 24.4 Å². The van der Waals surface area contributed by atoms with Crippen LogP contribution in [-0.2, 0) is 9.53 Å². The van der Waals surface area contributed by atoms with Crippen molar-refractivity contribution in [2.45, 2.75) is 25.8 Å². The van der Waals surface area contributed by atoms with Crippen molar-refractivity contribution < 1.29 is 9.53 Å². The van der Waals surface area contributed by atoms with E-state index in [4.69, 9.17) is 22.1 Å². The van der Waals surface area contributed by atoms with E-state index in [0.29, 0.717) is 43.3 Å². The summed E-state index contributed by atoms with van der Waals surface area (Å²) in [4.78, 5) is 12.8. The molecule has 1 aliphatic rings. The maximum atomic E-state index is 12.8. The van der Waals surface area contributed by atoms with Crippen molar-refractivity contribution in [2.24, 2.45) is 11.1 Å². The molecule has 7 heteroatoms. The quantitative estimate of drug-likeness (QED) is 0.632. The van der Waals surface area contributed by atoms with Gasteiger partial charge in [0.15, 0.2) is 0 Å². The zero-order valence-electron chi connectivity index (χ0n) is 15.9. The van der Waals surface area contributed by atoms with Crippen LogP contribution >= 0.6 is 24.0 Å². The monoisotopic (exact) mass is 423 g/mol. The number of rotatable bonds is 6. The lowest BCUT2D eigenvalue weighted by molar-refractivity contribution is -0.130. The molecule has 3 rings (SSSR count). The van der Waals surface area contributed by atoms with Gasteiger partial charge in [0.1, 0.15) is 0 Å². The fraction of sp³-hybridized carbons (Fsp3) is 0.381. The molecule has 1 heterocycles. The molecule has 0 aliphatic carbocycles. The van der Waals surface area contributed by atoms with Gasteiger partial charge in [-0.05, 0) is 43.5 Å². The van der Waals surface area contributed by atoms with Crippen LogP contribution in [0.4, 0.5) is 11.4 Å². The molecule has 1 atom stereocenters. The molecule has 0 aromatic heterocycles. The molecule has 4 N–H and O–H groups in total. The van der Waals surface area contributed by atoms with E-state index in [0.717, 1.165) is 5.69 Å². The molecule has 5 nitrogen and oxygen atoms in total. The number of carbonyl (C=O) groups excluding carboxylic acids is 1. The van der Waals surface area contributed by atoms with Crippen LogP contribution in [0.1, 0.15) is 31.4 Å². The number of hydrogen-bond acceptors (Lipinski definition) is 4. The topological polar surface area (TPSA) is 76.4 Å². The zero-order valence-corrected chi connectivity index (χ0v) is 17.5. The van der Waals surface area contributed by atoms with Gasteiger partial charge in [-0.15, -0.1) is 12.4 Å². The van der Waals surface area contributed by atoms with Gasteiger partial charge in [-0.3, -0.25) is 4.79 Å². The average Bonchev–Trinajstić information content (AvgIpc) is 2.71. The minimum atomic E-state index is -0.566. The van der Waals surface area contributed by atoms with Crippen molar-refractivity contribution >= 4 is 41.3 Å². The number of ether oxygens (including phenoxy) is 1. The summed E-state index contributed by atoms with van der Waals surface area (Å²) in [5.74, 6) is -0.0669. The average molecular weight is 424 g/mol. The molecule has 1 aliphatic heterocycles. The summed E-state index contributed by atoms with van der Waals surface area (Å²) in [6.45, 7) is 3.51. The Bertz CT molecular complexity index is 780. The number of carbonyl (C=O) groups is 1. The van der Waals surface area contributed by atoms with E-state index in [1.807, 2.05) is 30.3 Å². The standard InChI is InChI=1S/C21H26ClN3O2.ClH/c1-15(16-5-3-2-4-6-16)24-19-8-7-17(13-18(19)22)25-20(26)21(14-23)9-11-27-12-10-21;/h2-8,13,15,24H,9-12,14,23H2,1H3,(H,25,26);1H. The minimum absolute atomic E-state index is 0. The third kappa shape index (κ3) is 5.17. The van der Waals surface area contributed by atoms with Gasteiger partial charge in [0, 0.05) is 31.5 Å². The van der Waals surface area contributed by atoms with Crippen molar-refractivity contribution in [1.29, 1.82) is 0 Å². The van der Waals surface area contributed by atoms with Crippen LogP contribution in [0.2, 0.25) is 5.02 Å². The third-order valence-electron chi connectivity index (χ3n) is 5.22. The second-order valence-electron chi connectivity index (χ2n) is 7.02. The van der Waals surface area contributed by atoms with E-state index in [2.05, 4.69) is 29.7 Å². The highest BCUT2D eigenvalue weighted by molar-refractivity contribution is 6.33. The Morgan fingerprint density at radius 2 is 1.89 bits per heavy atom. The van der Waals surface area contributed by atoms with E-state index >= 15 is 0 Å². The van der Waals surface area contributed by atoms with Crippen molar-refractivity contribution in [3.05, 3.63) is 59.1 Å². The first-order valence-electron chi connectivity index (χ1n) is 9.24. The highest BCUT2D eigenvalue weighted by Crippen LogP contribution is 2.33. The lowest BCUT2D eigenvalue weighted by Crippen LogP contribution is -2.46. The SMILES string of the molecule is CC(Nc1ccc(NC(=O)C2(CN)CCOCC2)cc1Cl)c1ccccc1.Cl. The summed E-state index contributed by atoms with van der Waals surface area (Å²) >= 11 is 6.44. The Morgan fingerprint density at radius 3 is 2.50 bits per heavy atom. The van der Waals surface area contributed by atoms with Crippen LogP contribution in [0.5, 0.6) is 0 Å². The highest BCUT2D eigenvalue weighted by atomic mass is 35.5. The van der Waals surface area contributed by atoms with E-state index < -0.39 is 5.41 Å². The second-order valence-corrected chi connectivity index (χ2v) is 7.43. The smallest absolute Gasteiger partial charge is 0.232 e. The predicted octanol–water partition coefficient (Wildman–Crippen LogP) is 4.63. The maximum Gasteiger partial charge on any atom is 0.232 e. The highest BCUT2D eigenvalue weighted by Gasteiger charge is 2.38. The number of amides is 1. The normalized spacial score (nSPS) is 16.5. The summed E-state index contributed by atoms with van der Waals surface area (Å²) in [7, 11) is 0. The second kappa shape index (κ2) is 10.1. The fourth-order valence-electron chi connectivity index (χ4n) is 3.32. The molecule has 0 radical (unpaired) electrons. The molecule has 2 aromatic rings. The Morgan fingerprint density at radius 1 is 1.21 bits per heavy atom. The number of nitrogens with two attached hydrogens (primary N) is 1. The zero-order chi connectivity index (χ0) is 19.3. The van der Waals surface area contributed by atoms with Gasteiger partial charge in [0.05, 0.1) is 16.1 Å². The molecule has 2 aromatic carbocycles. The Balaban J connectivity index is 0.00000280. The molecular formula is C21H27Cl2N3O2. The van der Waals surface area contributed by atoms with Crippen LogP contribution in [0, 0.1) is 5.41 Å². The van der Waals surface area contributed by atoms with Crippen molar-refractivity contribution in [3.8, 4) is 0 Å². The minimum Gasteiger partial charge on any atom is -0.381 e. The van der Waals surface area contributed by atoms with Crippen LogP contribution in [0.3, 0.4) is 0 Å². The maximum absolute atomic E-state index is 12.8. The largest absolute Gasteiger partial charge is 0.381 e. The van der Waals surface area contributed by atoms with Gasteiger partial charge >= 0.3 is 0 Å². The molecule has 1 saturated heterocycles. The van der Waals surface area contributed by atoms with Gasteiger partial charge in [-0.1, -0.05) is 41.9 Å². The number of benzene rings is 2. The Kier molecular flexibility index (Phi) is 8.13. The van der Waals surface area contributed by atoms with E-state index in [1.54, 1.807) is 6.07 Å². The third-order valence-corrected chi connectivity index (χ3v) is 5.53. The Labute approximate surface area is 177 Å². The Hall–Kier alpha value is -1.79. The number of anilines is 2. The lowest BCUT2D eigenvalue weighted by Gasteiger charge is -2.34. The van der Waals surface area contributed by atoms with E-state index in [1.165, 1.54) is 5.56 Å². The summed E-state index contributed by atoms with van der Waals surface area (Å²) in [6.07, 6.45) is 1.27. The summed E-state index contributed by atoms with van der Waals surface area (Å²) in [5.41, 5.74) is 8.01. The summed E-state index contributed by atoms with van der Waals surface area (Å²) in [6, 6.07) is 15.8. The molecule has 0 bridgehead atoms. The van der Waals surface area contributed by atoms with Crippen molar-refractivity contribution in [2.75, 3.05) is 30.4 Å². The molecule has 1 amide bonds. The molecule has 0 saturated carbocycles. The first-order chi connectivity index (χ1) is 13.0. The first kappa shape index (κ1) is 22.5. The number of halogens is 2. The van der Waals surface area contributed by atoms with Gasteiger partial charge in [-0.25, -0.2) is 0 Å². The van der Waals surface area contributed by atoms with Gasteiger partial charge < -0.3 is 21.1 Å². The first-order valence-corrected chi connectivity index (χ1v) is 9.62. The molecule has 0 spiro atoms. The lowest BCUT2D eigenvalue weighted by atomic mass is 9.79. The van der Waals surface area contributed by atoms with Crippen molar-refractivity contribution in [3.63, 3.8) is 0 Å². The van der Waals surface area contributed by atoms with E-state index in [9.17, 15) is 4.79 Å². The predicted molar refractivity (Wildman–Crippen MR) is 117 cm³/mol. The molecule has 28 heavy (non-hydrogen) atoms. The summed E-state index contributed by atoms with van der Waals surface area (Å²) in [5, 5.41) is 6.94. The van der Waals surface area contributed by atoms with Gasteiger partial charge in [0.25, 0.3) is 0 Å².